The molecule has 0 saturated heterocycles. The van der Waals surface area contributed by atoms with Gasteiger partial charge in [0, 0.05) is 45.4 Å². The molecule has 1 unspecified atom stereocenters. The summed E-state index contributed by atoms with van der Waals surface area (Å²) in [6.45, 7) is 1.25. The Hall–Kier alpha value is -2.15. The monoisotopic (exact) mass is 274 g/mol. The molecule has 0 saturated carbocycles. The molecule has 0 aliphatic carbocycles. The molecule has 7 nitrogen and oxygen atoms in total. The number of imidazole rings is 2. The molecule has 0 fully saturated rings. The lowest BCUT2D eigenvalue weighted by Crippen LogP contribution is -2.48. The molecule has 0 aromatic carbocycles. The molecule has 7 heteroatoms. The topological polar surface area (TPSA) is 87.6 Å². The number of hydrogen-bond donors (Lipinski definition) is 3. The van der Waals surface area contributed by atoms with Crippen LogP contribution >= 0.6 is 0 Å². The summed E-state index contributed by atoms with van der Waals surface area (Å²) in [5.41, 5.74) is 2.05. The Morgan fingerprint density at radius 2 is 2.45 bits per heavy atom. The first-order valence-corrected chi connectivity index (χ1v) is 6.72. The van der Waals surface area contributed by atoms with Gasteiger partial charge in [-0.25, -0.2) is 9.97 Å². The molecule has 3 rings (SSSR count). The lowest BCUT2D eigenvalue weighted by molar-refractivity contribution is -0.123. The van der Waals surface area contributed by atoms with Crippen molar-refractivity contribution in [2.24, 2.45) is 7.05 Å². The number of aromatic nitrogens is 4. The SMILES string of the molecule is Cn1ccnc1CCNC(=O)C1Cc2nc[nH]c2CN1. The second-order valence-corrected chi connectivity index (χ2v) is 4.96. The largest absolute Gasteiger partial charge is 0.354 e. The number of aryl methyl sites for hydroxylation is 1. The van der Waals surface area contributed by atoms with Gasteiger partial charge >= 0.3 is 0 Å². The van der Waals surface area contributed by atoms with Crippen LogP contribution in [0.5, 0.6) is 0 Å². The van der Waals surface area contributed by atoms with Gasteiger partial charge in [0.25, 0.3) is 0 Å². The third kappa shape index (κ3) is 2.57. The van der Waals surface area contributed by atoms with Crippen molar-refractivity contribution in [3.63, 3.8) is 0 Å². The van der Waals surface area contributed by atoms with Crippen LogP contribution in [0.2, 0.25) is 0 Å². The van der Waals surface area contributed by atoms with Gasteiger partial charge in [-0.2, -0.15) is 0 Å². The first-order chi connectivity index (χ1) is 9.74. The van der Waals surface area contributed by atoms with Crippen LogP contribution in [0.3, 0.4) is 0 Å². The molecule has 106 valence electrons. The maximum absolute atomic E-state index is 12.1. The number of rotatable bonds is 4. The average molecular weight is 274 g/mol. The van der Waals surface area contributed by atoms with Crippen molar-refractivity contribution >= 4 is 5.91 Å². The molecule has 0 radical (unpaired) electrons. The first-order valence-electron chi connectivity index (χ1n) is 6.72. The highest BCUT2D eigenvalue weighted by atomic mass is 16.2. The van der Waals surface area contributed by atoms with E-state index in [1.165, 1.54) is 0 Å². The molecule has 1 aliphatic rings. The highest BCUT2D eigenvalue weighted by Gasteiger charge is 2.25. The van der Waals surface area contributed by atoms with Gasteiger partial charge in [0.15, 0.2) is 0 Å². The molecule has 1 amide bonds. The van der Waals surface area contributed by atoms with Crippen molar-refractivity contribution in [3.05, 3.63) is 35.9 Å². The molecular weight excluding hydrogens is 256 g/mol. The van der Waals surface area contributed by atoms with Crippen molar-refractivity contribution in [3.8, 4) is 0 Å². The van der Waals surface area contributed by atoms with E-state index in [-0.39, 0.29) is 11.9 Å². The fourth-order valence-corrected chi connectivity index (χ4v) is 2.41. The Bertz CT molecular complexity index is 602. The molecule has 2 aromatic rings. The van der Waals surface area contributed by atoms with Crippen molar-refractivity contribution in [2.45, 2.75) is 25.4 Å². The average Bonchev–Trinajstić information content (AvgIpc) is 3.07. The zero-order valence-electron chi connectivity index (χ0n) is 11.4. The predicted molar refractivity (Wildman–Crippen MR) is 72.8 cm³/mol. The highest BCUT2D eigenvalue weighted by Crippen LogP contribution is 2.11. The van der Waals surface area contributed by atoms with Gasteiger partial charge in [-0.05, 0) is 0 Å². The van der Waals surface area contributed by atoms with Gasteiger partial charge < -0.3 is 14.9 Å². The Morgan fingerprint density at radius 1 is 1.55 bits per heavy atom. The molecule has 1 aliphatic heterocycles. The third-order valence-corrected chi connectivity index (χ3v) is 3.62. The minimum atomic E-state index is -0.202. The van der Waals surface area contributed by atoms with E-state index >= 15 is 0 Å². The van der Waals surface area contributed by atoms with Gasteiger partial charge in [0.05, 0.1) is 23.8 Å². The van der Waals surface area contributed by atoms with E-state index in [1.54, 1.807) is 12.5 Å². The fraction of sp³-hybridized carbons (Fsp3) is 0.462. The van der Waals surface area contributed by atoms with E-state index < -0.39 is 0 Å². The van der Waals surface area contributed by atoms with E-state index in [0.717, 1.165) is 23.6 Å². The van der Waals surface area contributed by atoms with Crippen molar-refractivity contribution < 1.29 is 4.79 Å². The summed E-state index contributed by atoms with van der Waals surface area (Å²) >= 11 is 0. The van der Waals surface area contributed by atoms with Crippen LogP contribution in [0, 0.1) is 0 Å². The summed E-state index contributed by atoms with van der Waals surface area (Å²) in [4.78, 5) is 23.6. The normalized spacial score (nSPS) is 17.8. The number of amides is 1. The first kappa shape index (κ1) is 12.9. The van der Waals surface area contributed by atoms with Gasteiger partial charge in [-0.1, -0.05) is 0 Å². The number of nitrogens with zero attached hydrogens (tertiary/aromatic N) is 3. The van der Waals surface area contributed by atoms with Crippen LogP contribution in [0.15, 0.2) is 18.7 Å². The maximum Gasteiger partial charge on any atom is 0.237 e. The summed E-state index contributed by atoms with van der Waals surface area (Å²) in [6.07, 6.45) is 6.70. The minimum Gasteiger partial charge on any atom is -0.354 e. The lowest BCUT2D eigenvalue weighted by atomic mass is 10.0. The van der Waals surface area contributed by atoms with Crippen LogP contribution in [-0.2, 0) is 31.2 Å². The zero-order chi connectivity index (χ0) is 13.9. The minimum absolute atomic E-state index is 0.0212. The molecule has 20 heavy (non-hydrogen) atoms. The van der Waals surface area contributed by atoms with Gasteiger partial charge in [0.2, 0.25) is 5.91 Å². The van der Waals surface area contributed by atoms with Gasteiger partial charge in [-0.3, -0.25) is 10.1 Å². The van der Waals surface area contributed by atoms with Crippen molar-refractivity contribution in [1.29, 1.82) is 0 Å². The second-order valence-electron chi connectivity index (χ2n) is 4.96. The van der Waals surface area contributed by atoms with Gasteiger partial charge in [0.1, 0.15) is 5.82 Å². The van der Waals surface area contributed by atoms with E-state index in [9.17, 15) is 4.79 Å². The molecule has 1 atom stereocenters. The molecule has 3 heterocycles. The number of carbonyl (C=O) groups excluding carboxylic acids is 1. The molecule has 3 N–H and O–H groups in total. The molecule has 2 aromatic heterocycles. The van der Waals surface area contributed by atoms with E-state index in [2.05, 4.69) is 25.6 Å². The quantitative estimate of drug-likeness (QED) is 0.702. The summed E-state index contributed by atoms with van der Waals surface area (Å²) in [5, 5.41) is 6.16. The summed E-state index contributed by atoms with van der Waals surface area (Å²) < 4.78 is 1.96. The lowest BCUT2D eigenvalue weighted by Gasteiger charge is -2.22. The van der Waals surface area contributed by atoms with Crippen LogP contribution < -0.4 is 10.6 Å². The van der Waals surface area contributed by atoms with E-state index in [4.69, 9.17) is 0 Å². The van der Waals surface area contributed by atoms with E-state index in [0.29, 0.717) is 19.5 Å². The number of nitrogens with one attached hydrogen (secondary N) is 3. The highest BCUT2D eigenvalue weighted by molar-refractivity contribution is 5.82. The third-order valence-electron chi connectivity index (χ3n) is 3.62. The van der Waals surface area contributed by atoms with Crippen molar-refractivity contribution in [1.82, 2.24) is 30.2 Å². The maximum atomic E-state index is 12.1. The second kappa shape index (κ2) is 5.46. The Kier molecular flexibility index (Phi) is 3.51. The van der Waals surface area contributed by atoms with Crippen LogP contribution in [0.4, 0.5) is 0 Å². The van der Waals surface area contributed by atoms with Crippen molar-refractivity contribution in [2.75, 3.05) is 6.54 Å². The molecular formula is C13H18N6O. The van der Waals surface area contributed by atoms with Crippen LogP contribution in [-0.4, -0.2) is 38.0 Å². The summed E-state index contributed by atoms with van der Waals surface area (Å²) in [6, 6.07) is -0.202. The van der Waals surface area contributed by atoms with Crippen LogP contribution in [0.1, 0.15) is 17.2 Å². The number of aromatic amines is 1. The predicted octanol–water partition coefficient (Wildman–Crippen LogP) is -0.484. The number of fused-ring (bicyclic) bond motifs is 1. The summed E-state index contributed by atoms with van der Waals surface area (Å²) in [7, 11) is 1.95. The smallest absolute Gasteiger partial charge is 0.237 e. The Labute approximate surface area is 116 Å². The standard InChI is InChI=1S/C13H18N6O/c1-19-5-4-14-12(19)2-3-15-13(20)10-6-9-11(7-16-10)18-8-17-9/h4-5,8,10,16H,2-3,6-7H2,1H3,(H,15,20)(H,17,18). The van der Waals surface area contributed by atoms with Crippen LogP contribution in [0.25, 0.3) is 0 Å². The molecule has 0 spiro atoms. The fourth-order valence-electron chi connectivity index (χ4n) is 2.41. The Morgan fingerprint density at radius 3 is 3.25 bits per heavy atom. The molecule has 0 bridgehead atoms. The number of carbonyl (C=O) groups is 1. The summed E-state index contributed by atoms with van der Waals surface area (Å²) in [5.74, 6) is 0.990. The zero-order valence-corrected chi connectivity index (χ0v) is 11.4. The van der Waals surface area contributed by atoms with E-state index in [1.807, 2.05) is 17.8 Å². The van der Waals surface area contributed by atoms with Gasteiger partial charge in [-0.15, -0.1) is 0 Å². The number of hydrogen-bond acceptors (Lipinski definition) is 4. The number of H-pyrrole nitrogens is 1. The Balaban J connectivity index is 1.49.